The molecule has 1 saturated heterocycles. The zero-order valence-corrected chi connectivity index (χ0v) is 14.0. The summed E-state index contributed by atoms with van der Waals surface area (Å²) in [4.78, 5) is 19.3. The average Bonchev–Trinajstić information content (AvgIpc) is 2.59. The minimum absolute atomic E-state index is 0.0242. The van der Waals surface area contributed by atoms with Gasteiger partial charge in [0.15, 0.2) is 0 Å². The summed E-state index contributed by atoms with van der Waals surface area (Å²) in [6, 6.07) is 5.63. The van der Waals surface area contributed by atoms with E-state index in [0.717, 1.165) is 44.5 Å². The Hall–Kier alpha value is -1.50. The monoisotopic (exact) mass is 333 g/mol. The molecular weight excluding hydrogens is 306 g/mol. The molecule has 3 rings (SSSR count). The van der Waals surface area contributed by atoms with Gasteiger partial charge in [-0.05, 0) is 56.8 Å². The van der Waals surface area contributed by atoms with E-state index in [1.165, 1.54) is 0 Å². The molecule has 24 heavy (non-hydrogen) atoms. The molecule has 1 atom stereocenters. The first-order valence-electron chi connectivity index (χ1n) is 8.90. The van der Waals surface area contributed by atoms with Gasteiger partial charge in [-0.15, -0.1) is 0 Å². The lowest BCUT2D eigenvalue weighted by Crippen LogP contribution is -2.46. The van der Waals surface area contributed by atoms with Crippen LogP contribution in [-0.4, -0.2) is 58.3 Å². The number of nitrogens with one attached hydrogen (secondary N) is 1. The van der Waals surface area contributed by atoms with E-state index in [-0.39, 0.29) is 36.5 Å². The number of likely N-dealkylation sites (tertiary alicyclic amines) is 1. The van der Waals surface area contributed by atoms with Gasteiger partial charge in [-0.1, -0.05) is 6.07 Å². The van der Waals surface area contributed by atoms with E-state index in [0.29, 0.717) is 6.54 Å². The van der Waals surface area contributed by atoms with E-state index in [2.05, 4.69) is 15.2 Å². The van der Waals surface area contributed by atoms with Crippen molar-refractivity contribution in [3.8, 4) is 0 Å². The van der Waals surface area contributed by atoms with Crippen molar-refractivity contribution < 1.29 is 15.0 Å². The van der Waals surface area contributed by atoms with Gasteiger partial charge >= 0.3 is 0 Å². The molecule has 1 saturated carbocycles. The largest absolute Gasteiger partial charge is 0.395 e. The minimum atomic E-state index is -0.250. The van der Waals surface area contributed by atoms with Gasteiger partial charge in [0, 0.05) is 18.7 Å². The van der Waals surface area contributed by atoms with Crippen molar-refractivity contribution in [1.29, 1.82) is 0 Å². The minimum Gasteiger partial charge on any atom is -0.395 e. The molecule has 132 valence electrons. The van der Waals surface area contributed by atoms with Crippen LogP contribution in [0.5, 0.6) is 0 Å². The number of piperidine rings is 1. The lowest BCUT2D eigenvalue weighted by atomic mass is 9.76. The molecule has 2 aliphatic rings. The third-order valence-electron chi connectivity index (χ3n) is 5.30. The Kier molecular flexibility index (Phi) is 5.81. The van der Waals surface area contributed by atoms with Crippen molar-refractivity contribution in [2.45, 2.75) is 37.8 Å². The van der Waals surface area contributed by atoms with Crippen LogP contribution < -0.4 is 5.32 Å². The molecule has 6 heteroatoms. The van der Waals surface area contributed by atoms with E-state index in [1.54, 1.807) is 6.20 Å². The van der Waals surface area contributed by atoms with Gasteiger partial charge in [-0.25, -0.2) is 0 Å². The van der Waals surface area contributed by atoms with E-state index < -0.39 is 0 Å². The van der Waals surface area contributed by atoms with E-state index in [9.17, 15) is 9.90 Å². The van der Waals surface area contributed by atoms with E-state index in [4.69, 9.17) is 5.11 Å². The van der Waals surface area contributed by atoms with Crippen molar-refractivity contribution in [3.63, 3.8) is 0 Å². The third kappa shape index (κ3) is 4.12. The Morgan fingerprint density at radius 3 is 2.67 bits per heavy atom. The van der Waals surface area contributed by atoms with Crippen LogP contribution in [0.4, 0.5) is 0 Å². The molecule has 1 amide bonds. The lowest BCUT2D eigenvalue weighted by Gasteiger charge is -2.39. The van der Waals surface area contributed by atoms with Crippen molar-refractivity contribution in [3.05, 3.63) is 30.1 Å². The summed E-state index contributed by atoms with van der Waals surface area (Å²) in [5.41, 5.74) is 0.875. The Labute approximate surface area is 142 Å². The molecule has 0 spiro atoms. The predicted octanol–water partition coefficient (Wildman–Crippen LogP) is 0.714. The Balaban J connectivity index is 1.60. The second kappa shape index (κ2) is 8.05. The van der Waals surface area contributed by atoms with Crippen molar-refractivity contribution in [2.24, 2.45) is 11.8 Å². The molecule has 1 aromatic heterocycles. The van der Waals surface area contributed by atoms with Gasteiger partial charge in [0.25, 0.3) is 0 Å². The van der Waals surface area contributed by atoms with Gasteiger partial charge in [0.05, 0.1) is 24.4 Å². The highest BCUT2D eigenvalue weighted by molar-refractivity contribution is 5.79. The highest BCUT2D eigenvalue weighted by Crippen LogP contribution is 2.37. The predicted molar refractivity (Wildman–Crippen MR) is 90.1 cm³/mol. The first kappa shape index (κ1) is 17.3. The molecule has 0 radical (unpaired) electrons. The molecule has 1 aliphatic heterocycles. The summed E-state index contributed by atoms with van der Waals surface area (Å²) in [6.07, 6.45) is 4.59. The fraction of sp³-hybridized carbons (Fsp3) is 0.667. The molecule has 0 aromatic carbocycles. The zero-order valence-electron chi connectivity index (χ0n) is 14.0. The van der Waals surface area contributed by atoms with Crippen LogP contribution in [0.2, 0.25) is 0 Å². The van der Waals surface area contributed by atoms with Crippen molar-refractivity contribution >= 4 is 5.91 Å². The molecule has 3 N–H and O–H groups in total. The number of amides is 1. The molecule has 2 heterocycles. The number of carbonyl (C=O) groups excluding carboxylic acids is 1. The number of aromatic nitrogens is 1. The number of rotatable bonds is 6. The number of pyridine rings is 1. The van der Waals surface area contributed by atoms with Crippen molar-refractivity contribution in [1.82, 2.24) is 15.2 Å². The summed E-state index contributed by atoms with van der Waals surface area (Å²) < 4.78 is 0. The Morgan fingerprint density at radius 2 is 2.08 bits per heavy atom. The molecule has 0 bridgehead atoms. The second-order valence-corrected chi connectivity index (χ2v) is 6.97. The second-order valence-electron chi connectivity index (χ2n) is 6.97. The van der Waals surface area contributed by atoms with Crippen LogP contribution in [0.15, 0.2) is 24.4 Å². The first-order chi connectivity index (χ1) is 11.7. The van der Waals surface area contributed by atoms with E-state index >= 15 is 0 Å². The standard InChI is InChI=1S/C18H27N3O3/c22-10-9-21-7-4-13(5-8-21)18(24)20-17(14-11-15(23)12-14)16-3-1-2-6-19-16/h1-3,6,13-15,17,22-23H,4-5,7-12H2,(H,20,24)/t14?,15?,17-/m1/s1. The first-order valence-corrected chi connectivity index (χ1v) is 8.90. The summed E-state index contributed by atoms with van der Waals surface area (Å²) in [6.45, 7) is 2.57. The molecular formula is C18H27N3O3. The van der Waals surface area contributed by atoms with Crippen LogP contribution in [0.1, 0.15) is 37.4 Å². The van der Waals surface area contributed by atoms with Crippen LogP contribution in [0.3, 0.4) is 0 Å². The van der Waals surface area contributed by atoms with Crippen LogP contribution in [0, 0.1) is 11.8 Å². The van der Waals surface area contributed by atoms with E-state index in [1.807, 2.05) is 18.2 Å². The van der Waals surface area contributed by atoms with Gasteiger partial charge in [-0.2, -0.15) is 0 Å². The number of aliphatic hydroxyl groups excluding tert-OH is 2. The van der Waals surface area contributed by atoms with Gasteiger partial charge in [0.1, 0.15) is 0 Å². The number of aliphatic hydroxyl groups is 2. The average molecular weight is 333 g/mol. The molecule has 1 aromatic rings. The maximum absolute atomic E-state index is 12.7. The maximum Gasteiger partial charge on any atom is 0.223 e. The quantitative estimate of drug-likeness (QED) is 0.714. The maximum atomic E-state index is 12.7. The highest BCUT2D eigenvalue weighted by atomic mass is 16.3. The summed E-state index contributed by atoms with van der Waals surface area (Å²) in [5, 5.41) is 21.8. The van der Waals surface area contributed by atoms with Crippen LogP contribution in [-0.2, 0) is 4.79 Å². The fourth-order valence-corrected chi connectivity index (χ4v) is 3.73. The summed E-state index contributed by atoms with van der Waals surface area (Å²) in [5.74, 6) is 0.375. The number of carbonyl (C=O) groups is 1. The normalized spacial score (nSPS) is 26.6. The van der Waals surface area contributed by atoms with Crippen molar-refractivity contribution in [2.75, 3.05) is 26.2 Å². The SMILES string of the molecule is O=C(N[C@@H](c1ccccn1)C1CC(O)C1)C1CCN(CCO)CC1. The van der Waals surface area contributed by atoms with Gasteiger partial charge < -0.3 is 20.4 Å². The lowest BCUT2D eigenvalue weighted by molar-refractivity contribution is -0.128. The van der Waals surface area contributed by atoms with Crippen LogP contribution in [0.25, 0.3) is 0 Å². The Morgan fingerprint density at radius 1 is 1.33 bits per heavy atom. The molecule has 2 fully saturated rings. The highest BCUT2D eigenvalue weighted by Gasteiger charge is 2.37. The summed E-state index contributed by atoms with van der Waals surface area (Å²) >= 11 is 0. The van der Waals surface area contributed by atoms with Gasteiger partial charge in [-0.3, -0.25) is 9.78 Å². The number of nitrogens with zero attached hydrogens (tertiary/aromatic N) is 2. The molecule has 6 nitrogen and oxygen atoms in total. The topological polar surface area (TPSA) is 85.7 Å². The smallest absolute Gasteiger partial charge is 0.223 e. The van der Waals surface area contributed by atoms with Crippen LogP contribution >= 0.6 is 0 Å². The third-order valence-corrected chi connectivity index (χ3v) is 5.30. The number of hydrogen-bond acceptors (Lipinski definition) is 5. The fourth-order valence-electron chi connectivity index (χ4n) is 3.73. The zero-order chi connectivity index (χ0) is 16.9. The van der Waals surface area contributed by atoms with Gasteiger partial charge in [0.2, 0.25) is 5.91 Å². The molecule has 0 unspecified atom stereocenters. The summed E-state index contributed by atoms with van der Waals surface area (Å²) in [7, 11) is 0. The number of β-amino-alcohol motifs (C(OH)–C–C–N with tert-alkyl or cyclic N) is 1. The Bertz CT molecular complexity index is 526. The molecule has 1 aliphatic carbocycles. The number of hydrogen-bond donors (Lipinski definition) is 3.